The molecule has 0 aliphatic carbocycles. The summed E-state index contributed by atoms with van der Waals surface area (Å²) in [6, 6.07) is 0. The normalized spacial score (nSPS) is 10.2. The van der Waals surface area contributed by atoms with E-state index in [0.717, 1.165) is 25.9 Å². The summed E-state index contributed by atoms with van der Waals surface area (Å²) in [7, 11) is 3.81. The maximum atomic E-state index is 11.5. The molecule has 0 unspecified atom stereocenters. The molecule has 0 spiro atoms. The zero-order chi connectivity index (χ0) is 10.8. The lowest BCUT2D eigenvalue weighted by atomic mass is 10.2. The van der Waals surface area contributed by atoms with Crippen molar-refractivity contribution in [1.29, 1.82) is 0 Å². The third kappa shape index (κ3) is 6.89. The summed E-state index contributed by atoms with van der Waals surface area (Å²) in [5.74, 6) is 0.274. The van der Waals surface area contributed by atoms with E-state index in [1.165, 1.54) is 12.8 Å². The molecule has 14 heavy (non-hydrogen) atoms. The number of rotatable bonds is 8. The molecule has 0 rings (SSSR count). The van der Waals surface area contributed by atoms with Crippen molar-refractivity contribution in [3.8, 4) is 0 Å². The molecule has 0 aliphatic heterocycles. The van der Waals surface area contributed by atoms with Gasteiger partial charge in [-0.05, 0) is 26.4 Å². The van der Waals surface area contributed by atoms with Gasteiger partial charge in [0.15, 0.2) is 0 Å². The number of nitrogens with one attached hydrogen (secondary N) is 1. The summed E-state index contributed by atoms with van der Waals surface area (Å²) in [4.78, 5) is 13.4. The van der Waals surface area contributed by atoms with Crippen molar-refractivity contribution in [2.75, 3.05) is 27.2 Å². The zero-order valence-corrected chi connectivity index (χ0v) is 9.81. The lowest BCUT2D eigenvalue weighted by Gasteiger charge is -2.16. The largest absolute Gasteiger partial charge is 0.346 e. The molecule has 0 saturated heterocycles. The van der Waals surface area contributed by atoms with Crippen molar-refractivity contribution in [2.45, 2.75) is 39.0 Å². The molecule has 0 atom stereocenters. The van der Waals surface area contributed by atoms with Gasteiger partial charge < -0.3 is 10.2 Å². The number of hydrogen-bond donors (Lipinski definition) is 1. The summed E-state index contributed by atoms with van der Waals surface area (Å²) in [6.07, 6.45) is 5.16. The van der Waals surface area contributed by atoms with Crippen molar-refractivity contribution < 1.29 is 4.79 Å². The van der Waals surface area contributed by atoms with Crippen LogP contribution in [0.15, 0.2) is 0 Å². The van der Waals surface area contributed by atoms with E-state index in [2.05, 4.69) is 12.2 Å². The molecule has 1 N–H and O–H groups in total. The molecule has 3 heteroatoms. The highest BCUT2D eigenvalue weighted by molar-refractivity contribution is 5.75. The Kier molecular flexibility index (Phi) is 8.64. The average Bonchev–Trinajstić information content (AvgIpc) is 2.18. The van der Waals surface area contributed by atoms with Gasteiger partial charge in [0.1, 0.15) is 0 Å². The molecule has 0 bridgehead atoms. The first-order chi connectivity index (χ1) is 6.72. The minimum Gasteiger partial charge on any atom is -0.346 e. The second-order valence-electron chi connectivity index (χ2n) is 3.73. The molecule has 0 radical (unpaired) electrons. The van der Waals surface area contributed by atoms with Gasteiger partial charge in [0.05, 0.1) is 0 Å². The number of carbonyl (C=O) groups excluding carboxylic acids is 1. The van der Waals surface area contributed by atoms with E-state index >= 15 is 0 Å². The third-order valence-electron chi connectivity index (χ3n) is 2.34. The highest BCUT2D eigenvalue weighted by Gasteiger charge is 2.06. The minimum absolute atomic E-state index is 0.274. The number of amides is 1. The Morgan fingerprint density at radius 1 is 1.29 bits per heavy atom. The van der Waals surface area contributed by atoms with Gasteiger partial charge in [-0.3, -0.25) is 4.79 Å². The van der Waals surface area contributed by atoms with Crippen LogP contribution in [0.3, 0.4) is 0 Å². The molecule has 0 heterocycles. The molecular formula is C11H24N2O. The smallest absolute Gasteiger partial charge is 0.222 e. The summed E-state index contributed by atoms with van der Waals surface area (Å²) in [6.45, 7) is 4.01. The first-order valence-electron chi connectivity index (χ1n) is 5.61. The van der Waals surface area contributed by atoms with Gasteiger partial charge in [-0.15, -0.1) is 0 Å². The average molecular weight is 200 g/mol. The van der Waals surface area contributed by atoms with Gasteiger partial charge in [-0.2, -0.15) is 0 Å². The minimum atomic E-state index is 0.274. The van der Waals surface area contributed by atoms with Crippen LogP contribution in [0.5, 0.6) is 0 Å². The van der Waals surface area contributed by atoms with Gasteiger partial charge in [-0.1, -0.05) is 19.8 Å². The van der Waals surface area contributed by atoms with Gasteiger partial charge in [0, 0.05) is 20.0 Å². The van der Waals surface area contributed by atoms with E-state index in [1.54, 1.807) is 0 Å². The molecule has 3 nitrogen and oxygen atoms in total. The second-order valence-corrected chi connectivity index (χ2v) is 3.73. The topological polar surface area (TPSA) is 32.3 Å². The highest BCUT2D eigenvalue weighted by Crippen LogP contribution is 1.99. The first-order valence-corrected chi connectivity index (χ1v) is 5.61. The van der Waals surface area contributed by atoms with E-state index in [-0.39, 0.29) is 5.91 Å². The Balaban J connectivity index is 3.44. The number of nitrogens with zero attached hydrogens (tertiary/aromatic N) is 1. The Bertz CT molecular complexity index is 148. The number of unbranched alkanes of at least 4 members (excludes halogenated alkanes) is 2. The Morgan fingerprint density at radius 3 is 2.57 bits per heavy atom. The van der Waals surface area contributed by atoms with Crippen molar-refractivity contribution in [3.05, 3.63) is 0 Å². The Hall–Kier alpha value is -0.570. The Labute approximate surface area is 87.9 Å². The van der Waals surface area contributed by atoms with E-state index in [0.29, 0.717) is 6.42 Å². The molecule has 1 amide bonds. The van der Waals surface area contributed by atoms with Crippen LogP contribution in [0.1, 0.15) is 39.0 Å². The summed E-state index contributed by atoms with van der Waals surface area (Å²) < 4.78 is 0. The lowest BCUT2D eigenvalue weighted by Crippen LogP contribution is -2.28. The Morgan fingerprint density at radius 2 is 2.00 bits per heavy atom. The van der Waals surface area contributed by atoms with Crippen molar-refractivity contribution in [1.82, 2.24) is 10.2 Å². The number of hydrogen-bond acceptors (Lipinski definition) is 2. The monoisotopic (exact) mass is 200 g/mol. The standard InChI is InChI=1S/C11H24N2O/c1-4-5-6-10-13(3)11(14)8-7-9-12-2/h12H,4-10H2,1-3H3. The fourth-order valence-electron chi connectivity index (χ4n) is 1.33. The summed E-state index contributed by atoms with van der Waals surface area (Å²) in [5, 5.41) is 3.04. The van der Waals surface area contributed by atoms with Gasteiger partial charge >= 0.3 is 0 Å². The van der Waals surface area contributed by atoms with Crippen LogP contribution in [0, 0.1) is 0 Å². The predicted octanol–water partition coefficient (Wildman–Crippen LogP) is 1.63. The van der Waals surface area contributed by atoms with Gasteiger partial charge in [-0.25, -0.2) is 0 Å². The van der Waals surface area contributed by atoms with Crippen LogP contribution < -0.4 is 5.32 Å². The van der Waals surface area contributed by atoms with E-state index in [1.807, 2.05) is 19.0 Å². The fraction of sp³-hybridized carbons (Fsp3) is 0.909. The van der Waals surface area contributed by atoms with Gasteiger partial charge in [0.2, 0.25) is 5.91 Å². The van der Waals surface area contributed by atoms with Crippen molar-refractivity contribution >= 4 is 5.91 Å². The third-order valence-corrected chi connectivity index (χ3v) is 2.34. The molecule has 0 saturated carbocycles. The lowest BCUT2D eigenvalue weighted by molar-refractivity contribution is -0.130. The maximum absolute atomic E-state index is 11.5. The highest BCUT2D eigenvalue weighted by atomic mass is 16.2. The molecule has 0 aromatic carbocycles. The molecule has 0 aliphatic rings. The first kappa shape index (κ1) is 13.4. The summed E-state index contributed by atoms with van der Waals surface area (Å²) >= 11 is 0. The van der Waals surface area contributed by atoms with Crippen LogP contribution in [-0.2, 0) is 4.79 Å². The van der Waals surface area contributed by atoms with Crippen LogP contribution in [-0.4, -0.2) is 38.0 Å². The van der Waals surface area contributed by atoms with Crippen LogP contribution in [0.25, 0.3) is 0 Å². The van der Waals surface area contributed by atoms with Crippen LogP contribution in [0.2, 0.25) is 0 Å². The second kappa shape index (κ2) is 9.00. The van der Waals surface area contributed by atoms with Gasteiger partial charge in [0.25, 0.3) is 0 Å². The fourth-order valence-corrected chi connectivity index (χ4v) is 1.33. The quantitative estimate of drug-likeness (QED) is 0.604. The molecule has 0 aromatic rings. The molecule has 0 fully saturated rings. The van der Waals surface area contributed by atoms with Crippen molar-refractivity contribution in [2.24, 2.45) is 0 Å². The predicted molar refractivity (Wildman–Crippen MR) is 60.3 cm³/mol. The maximum Gasteiger partial charge on any atom is 0.222 e. The SMILES string of the molecule is CCCCCN(C)C(=O)CCCNC. The van der Waals surface area contributed by atoms with Crippen LogP contribution in [0.4, 0.5) is 0 Å². The van der Waals surface area contributed by atoms with Crippen molar-refractivity contribution in [3.63, 3.8) is 0 Å². The van der Waals surface area contributed by atoms with E-state index in [9.17, 15) is 4.79 Å². The van der Waals surface area contributed by atoms with E-state index in [4.69, 9.17) is 0 Å². The number of carbonyl (C=O) groups is 1. The molecular weight excluding hydrogens is 176 g/mol. The molecule has 0 aromatic heterocycles. The van der Waals surface area contributed by atoms with Crippen LogP contribution >= 0.6 is 0 Å². The van der Waals surface area contributed by atoms with E-state index < -0.39 is 0 Å². The molecule has 84 valence electrons. The zero-order valence-electron chi connectivity index (χ0n) is 9.81. The summed E-state index contributed by atoms with van der Waals surface area (Å²) in [5.41, 5.74) is 0.